The fourth-order valence-electron chi connectivity index (χ4n) is 3.44. The van der Waals surface area contributed by atoms with Crippen LogP contribution in [0.3, 0.4) is 0 Å². The summed E-state index contributed by atoms with van der Waals surface area (Å²) in [5.41, 5.74) is 4.87. The Hall–Kier alpha value is -2.50. The molecule has 0 spiro atoms. The molecule has 0 atom stereocenters. The van der Waals surface area contributed by atoms with Crippen LogP contribution in [0.1, 0.15) is 30.9 Å². The van der Waals surface area contributed by atoms with Crippen LogP contribution in [-0.4, -0.2) is 34.0 Å². The molecular formula is C23H24N2O2S. The van der Waals surface area contributed by atoms with Crippen molar-refractivity contribution in [2.45, 2.75) is 26.3 Å². The maximum absolute atomic E-state index is 10.9. The van der Waals surface area contributed by atoms with Crippen LogP contribution >= 0.6 is 11.3 Å². The first kappa shape index (κ1) is 18.8. The van der Waals surface area contributed by atoms with E-state index in [9.17, 15) is 4.79 Å². The van der Waals surface area contributed by atoms with Crippen molar-refractivity contribution in [1.82, 2.24) is 9.88 Å². The zero-order valence-corrected chi connectivity index (χ0v) is 16.9. The number of aliphatic carboxylic acids is 1. The molecule has 0 saturated carbocycles. The van der Waals surface area contributed by atoms with E-state index in [1.807, 2.05) is 6.20 Å². The number of carbonyl (C=O) groups is 1. The standard InChI is InChI=1S/C23H24N2O2S/c1-15(2)17-7-9-18(10-8-17)21-11-24-22(28-21)19-5-3-16(4-6-19)12-25-13-20(14-25)23(26)27/h3-11,15,20H,12-14H2,1-2H3,(H,26,27). The Morgan fingerprint density at radius 3 is 2.36 bits per heavy atom. The number of carboxylic acids is 1. The molecular weight excluding hydrogens is 368 g/mol. The number of rotatable bonds is 6. The molecule has 1 aliphatic rings. The van der Waals surface area contributed by atoms with Crippen molar-refractivity contribution in [3.8, 4) is 21.0 Å². The molecule has 2 aromatic carbocycles. The maximum atomic E-state index is 10.9. The average Bonchev–Trinajstić information content (AvgIpc) is 3.14. The minimum absolute atomic E-state index is 0.206. The summed E-state index contributed by atoms with van der Waals surface area (Å²) in [7, 11) is 0. The molecule has 0 amide bonds. The second-order valence-electron chi connectivity index (χ2n) is 7.73. The predicted octanol–water partition coefficient (Wildman–Crippen LogP) is 5.12. The first-order valence-electron chi connectivity index (χ1n) is 9.60. The van der Waals surface area contributed by atoms with Gasteiger partial charge in [-0.15, -0.1) is 11.3 Å². The van der Waals surface area contributed by atoms with Gasteiger partial charge in [0.25, 0.3) is 0 Å². The van der Waals surface area contributed by atoms with Crippen LogP contribution in [0.25, 0.3) is 21.0 Å². The Bertz CT molecular complexity index is 955. The summed E-state index contributed by atoms with van der Waals surface area (Å²) in [4.78, 5) is 18.8. The van der Waals surface area contributed by atoms with Gasteiger partial charge in [0.15, 0.2) is 0 Å². The molecule has 28 heavy (non-hydrogen) atoms. The van der Waals surface area contributed by atoms with Crippen LogP contribution in [0.15, 0.2) is 54.7 Å². The van der Waals surface area contributed by atoms with Gasteiger partial charge in [0, 0.05) is 31.4 Å². The van der Waals surface area contributed by atoms with Gasteiger partial charge in [0.2, 0.25) is 0 Å². The number of hydrogen-bond acceptors (Lipinski definition) is 4. The average molecular weight is 393 g/mol. The van der Waals surface area contributed by atoms with Gasteiger partial charge >= 0.3 is 5.97 Å². The summed E-state index contributed by atoms with van der Waals surface area (Å²) in [6, 6.07) is 17.2. The predicted molar refractivity (Wildman–Crippen MR) is 113 cm³/mol. The Morgan fingerprint density at radius 1 is 1.11 bits per heavy atom. The summed E-state index contributed by atoms with van der Waals surface area (Å²) in [5, 5.41) is 9.99. The van der Waals surface area contributed by atoms with Gasteiger partial charge in [-0.05, 0) is 22.6 Å². The monoisotopic (exact) mass is 392 g/mol. The maximum Gasteiger partial charge on any atom is 0.309 e. The Labute approximate surface area is 169 Å². The molecule has 1 aromatic heterocycles. The molecule has 1 N–H and O–H groups in total. The molecule has 3 aromatic rings. The topological polar surface area (TPSA) is 53.4 Å². The van der Waals surface area contributed by atoms with Crippen molar-refractivity contribution in [3.63, 3.8) is 0 Å². The van der Waals surface area contributed by atoms with E-state index in [1.54, 1.807) is 11.3 Å². The minimum Gasteiger partial charge on any atom is -0.481 e. The lowest BCUT2D eigenvalue weighted by Gasteiger charge is -2.36. The molecule has 1 fully saturated rings. The Balaban J connectivity index is 1.42. The molecule has 144 valence electrons. The number of aromatic nitrogens is 1. The fraction of sp³-hybridized carbons (Fsp3) is 0.304. The molecule has 0 unspecified atom stereocenters. The van der Waals surface area contributed by atoms with Crippen molar-refractivity contribution >= 4 is 17.3 Å². The highest BCUT2D eigenvalue weighted by atomic mass is 32.1. The van der Waals surface area contributed by atoms with E-state index in [4.69, 9.17) is 5.11 Å². The zero-order valence-electron chi connectivity index (χ0n) is 16.1. The Morgan fingerprint density at radius 2 is 1.75 bits per heavy atom. The first-order chi connectivity index (χ1) is 13.5. The second kappa shape index (κ2) is 7.86. The molecule has 1 saturated heterocycles. The van der Waals surface area contributed by atoms with Crippen molar-refractivity contribution in [3.05, 3.63) is 65.9 Å². The summed E-state index contributed by atoms with van der Waals surface area (Å²) in [6.07, 6.45) is 1.95. The third-order valence-electron chi connectivity index (χ3n) is 5.28. The molecule has 4 nitrogen and oxygen atoms in total. The van der Waals surface area contributed by atoms with Gasteiger partial charge < -0.3 is 5.11 Å². The van der Waals surface area contributed by atoms with Crippen molar-refractivity contribution in [2.75, 3.05) is 13.1 Å². The highest BCUT2D eigenvalue weighted by Gasteiger charge is 2.32. The van der Waals surface area contributed by atoms with Crippen molar-refractivity contribution < 1.29 is 9.90 Å². The minimum atomic E-state index is -0.690. The van der Waals surface area contributed by atoms with Crippen LogP contribution in [0.2, 0.25) is 0 Å². The summed E-state index contributed by atoms with van der Waals surface area (Å²) in [6.45, 7) is 6.49. The van der Waals surface area contributed by atoms with E-state index >= 15 is 0 Å². The van der Waals surface area contributed by atoms with Crippen LogP contribution in [-0.2, 0) is 11.3 Å². The molecule has 4 rings (SSSR count). The lowest BCUT2D eigenvalue weighted by atomic mass is 9.99. The summed E-state index contributed by atoms with van der Waals surface area (Å²) >= 11 is 1.71. The zero-order chi connectivity index (χ0) is 19.7. The lowest BCUT2D eigenvalue weighted by Crippen LogP contribution is -2.49. The normalized spacial score (nSPS) is 15.0. The molecule has 1 aliphatic heterocycles. The molecule has 2 heterocycles. The van der Waals surface area contributed by atoms with Crippen LogP contribution in [0, 0.1) is 5.92 Å². The van der Waals surface area contributed by atoms with Crippen molar-refractivity contribution in [1.29, 1.82) is 0 Å². The molecule has 0 bridgehead atoms. The first-order valence-corrected chi connectivity index (χ1v) is 10.4. The second-order valence-corrected chi connectivity index (χ2v) is 8.76. The van der Waals surface area contributed by atoms with Crippen molar-refractivity contribution in [2.24, 2.45) is 5.92 Å². The summed E-state index contributed by atoms with van der Waals surface area (Å²) in [5.74, 6) is -0.358. The van der Waals surface area contributed by atoms with Gasteiger partial charge in [-0.2, -0.15) is 0 Å². The number of likely N-dealkylation sites (tertiary alicyclic amines) is 1. The van der Waals surface area contributed by atoms with Crippen LogP contribution < -0.4 is 0 Å². The third kappa shape index (κ3) is 4.01. The number of benzene rings is 2. The fourth-order valence-corrected chi connectivity index (χ4v) is 4.37. The number of nitrogens with zero attached hydrogens (tertiary/aromatic N) is 2. The van der Waals surface area contributed by atoms with Crippen LogP contribution in [0.5, 0.6) is 0 Å². The van der Waals surface area contributed by atoms with E-state index < -0.39 is 5.97 Å². The smallest absolute Gasteiger partial charge is 0.309 e. The molecule has 0 aliphatic carbocycles. The van der Waals surface area contributed by atoms with E-state index in [-0.39, 0.29) is 5.92 Å². The van der Waals surface area contributed by atoms with Gasteiger partial charge in [0.05, 0.1) is 10.8 Å². The highest BCUT2D eigenvalue weighted by molar-refractivity contribution is 7.18. The van der Waals surface area contributed by atoms with Gasteiger partial charge in [0.1, 0.15) is 5.01 Å². The quantitative estimate of drug-likeness (QED) is 0.633. The number of thiazole rings is 1. The van der Waals surface area contributed by atoms with Gasteiger partial charge in [-0.1, -0.05) is 62.4 Å². The lowest BCUT2D eigenvalue weighted by molar-refractivity contribution is -0.147. The highest BCUT2D eigenvalue weighted by Crippen LogP contribution is 2.33. The number of hydrogen-bond donors (Lipinski definition) is 1. The molecule has 5 heteroatoms. The van der Waals surface area contributed by atoms with E-state index in [0.717, 1.165) is 17.1 Å². The summed E-state index contributed by atoms with van der Waals surface area (Å²) < 4.78 is 0. The van der Waals surface area contributed by atoms with E-state index in [2.05, 4.69) is 72.3 Å². The van der Waals surface area contributed by atoms with Gasteiger partial charge in [-0.25, -0.2) is 4.98 Å². The van der Waals surface area contributed by atoms with Gasteiger partial charge in [-0.3, -0.25) is 9.69 Å². The SMILES string of the molecule is CC(C)c1ccc(-c2cnc(-c3ccc(CN4CC(C(=O)O)C4)cc3)s2)cc1. The largest absolute Gasteiger partial charge is 0.481 e. The molecule has 0 radical (unpaired) electrons. The number of carboxylic acid groups (broad SMARTS) is 1. The van der Waals surface area contributed by atoms with E-state index in [1.165, 1.54) is 21.6 Å². The third-order valence-corrected chi connectivity index (χ3v) is 6.38. The van der Waals surface area contributed by atoms with E-state index in [0.29, 0.717) is 19.0 Å². The Kier molecular flexibility index (Phi) is 5.29. The van der Waals surface area contributed by atoms with Crippen LogP contribution in [0.4, 0.5) is 0 Å².